The van der Waals surface area contributed by atoms with Gasteiger partial charge in [0.2, 0.25) is 5.91 Å². The molecule has 0 aliphatic heterocycles. The summed E-state index contributed by atoms with van der Waals surface area (Å²) in [7, 11) is 4.95. The zero-order chi connectivity index (χ0) is 13.5. The van der Waals surface area contributed by atoms with Gasteiger partial charge in [-0.15, -0.1) is 0 Å². The number of nitrogens with zero attached hydrogens (tertiary/aromatic N) is 1. The lowest BCUT2D eigenvalue weighted by molar-refractivity contribution is -0.125. The summed E-state index contributed by atoms with van der Waals surface area (Å²) in [5.74, 6) is 1.33. The number of likely N-dealkylation sites (N-methyl/N-ethyl adjacent to an activating group) is 1. The molecule has 0 bridgehead atoms. The van der Waals surface area contributed by atoms with Crippen LogP contribution in [0.15, 0.2) is 30.4 Å². The van der Waals surface area contributed by atoms with Crippen molar-refractivity contribution >= 4 is 5.91 Å². The van der Waals surface area contributed by atoms with Gasteiger partial charge in [0.05, 0.1) is 14.2 Å². The molecular weight excluding hydrogens is 230 g/mol. The smallest absolute Gasteiger partial charge is 0.246 e. The van der Waals surface area contributed by atoms with Crippen LogP contribution in [0.25, 0.3) is 0 Å². The van der Waals surface area contributed by atoms with Crippen LogP contribution in [0.1, 0.15) is 12.5 Å². The van der Waals surface area contributed by atoms with Crippen molar-refractivity contribution in [3.8, 4) is 11.5 Å². The molecule has 1 aromatic rings. The second-order valence-corrected chi connectivity index (χ2v) is 3.88. The third-order valence-corrected chi connectivity index (χ3v) is 2.55. The van der Waals surface area contributed by atoms with E-state index in [-0.39, 0.29) is 5.91 Å². The number of carbonyl (C=O) groups is 1. The van der Waals surface area contributed by atoms with Crippen LogP contribution in [0.3, 0.4) is 0 Å². The summed E-state index contributed by atoms with van der Waals surface area (Å²) in [5.41, 5.74) is 0.994. The van der Waals surface area contributed by atoms with Crippen LogP contribution in [0.2, 0.25) is 0 Å². The molecule has 0 N–H and O–H groups in total. The first-order valence-corrected chi connectivity index (χ1v) is 5.71. The Bertz CT molecular complexity index is 441. The molecule has 1 rings (SSSR count). The fourth-order valence-corrected chi connectivity index (χ4v) is 1.60. The maximum Gasteiger partial charge on any atom is 0.246 e. The standard InChI is InChI=1S/C14H19NO3/c1-5-6-14(16)15(2)10-11-7-8-12(17-3)13(9-11)18-4/h5-9H,10H2,1-4H3/b6-5+. The van der Waals surface area contributed by atoms with Crippen LogP contribution in [-0.2, 0) is 11.3 Å². The predicted molar refractivity (Wildman–Crippen MR) is 70.8 cm³/mol. The molecule has 0 unspecified atom stereocenters. The molecule has 0 fully saturated rings. The Hall–Kier alpha value is -1.97. The monoisotopic (exact) mass is 249 g/mol. The minimum atomic E-state index is -0.0210. The first kappa shape index (κ1) is 14.1. The average Bonchev–Trinajstić information content (AvgIpc) is 2.38. The highest BCUT2D eigenvalue weighted by Gasteiger charge is 2.08. The second kappa shape index (κ2) is 6.69. The third kappa shape index (κ3) is 3.52. The van der Waals surface area contributed by atoms with Crippen molar-refractivity contribution in [1.82, 2.24) is 4.90 Å². The molecule has 0 spiro atoms. The molecule has 1 aromatic carbocycles. The highest BCUT2D eigenvalue weighted by molar-refractivity contribution is 5.87. The highest BCUT2D eigenvalue weighted by atomic mass is 16.5. The van der Waals surface area contributed by atoms with E-state index in [9.17, 15) is 4.79 Å². The summed E-state index contributed by atoms with van der Waals surface area (Å²) in [4.78, 5) is 13.2. The number of hydrogen-bond acceptors (Lipinski definition) is 3. The van der Waals surface area contributed by atoms with E-state index in [0.29, 0.717) is 18.0 Å². The van der Waals surface area contributed by atoms with Gasteiger partial charge in [-0.05, 0) is 30.7 Å². The Balaban J connectivity index is 2.82. The van der Waals surface area contributed by atoms with E-state index in [1.54, 1.807) is 38.3 Å². The molecule has 0 aliphatic carbocycles. The Labute approximate surface area is 108 Å². The molecule has 0 aliphatic rings. The molecule has 98 valence electrons. The van der Waals surface area contributed by atoms with E-state index in [2.05, 4.69) is 0 Å². The highest BCUT2D eigenvalue weighted by Crippen LogP contribution is 2.27. The van der Waals surface area contributed by atoms with Gasteiger partial charge in [0.1, 0.15) is 0 Å². The van der Waals surface area contributed by atoms with Crippen LogP contribution >= 0.6 is 0 Å². The molecule has 0 aromatic heterocycles. The number of carbonyl (C=O) groups excluding carboxylic acids is 1. The van der Waals surface area contributed by atoms with Gasteiger partial charge >= 0.3 is 0 Å². The van der Waals surface area contributed by atoms with Crippen molar-refractivity contribution in [2.24, 2.45) is 0 Å². The predicted octanol–water partition coefficient (Wildman–Crippen LogP) is 2.24. The number of allylic oxidation sites excluding steroid dienone is 1. The van der Waals surface area contributed by atoms with Crippen LogP contribution < -0.4 is 9.47 Å². The van der Waals surface area contributed by atoms with Gasteiger partial charge in [-0.25, -0.2) is 0 Å². The van der Waals surface area contributed by atoms with E-state index >= 15 is 0 Å². The van der Waals surface area contributed by atoms with Crippen LogP contribution in [0.4, 0.5) is 0 Å². The van der Waals surface area contributed by atoms with Crippen LogP contribution in [0.5, 0.6) is 11.5 Å². The number of hydrogen-bond donors (Lipinski definition) is 0. The lowest BCUT2D eigenvalue weighted by Gasteiger charge is -2.16. The van der Waals surface area contributed by atoms with Crippen molar-refractivity contribution in [3.05, 3.63) is 35.9 Å². The van der Waals surface area contributed by atoms with E-state index in [1.165, 1.54) is 0 Å². The quantitative estimate of drug-likeness (QED) is 0.751. The second-order valence-electron chi connectivity index (χ2n) is 3.88. The molecular formula is C14H19NO3. The van der Waals surface area contributed by atoms with Crippen molar-refractivity contribution in [3.63, 3.8) is 0 Å². The van der Waals surface area contributed by atoms with Crippen molar-refractivity contribution in [2.75, 3.05) is 21.3 Å². The molecule has 0 saturated carbocycles. The fourth-order valence-electron chi connectivity index (χ4n) is 1.60. The topological polar surface area (TPSA) is 38.8 Å². The third-order valence-electron chi connectivity index (χ3n) is 2.55. The number of amides is 1. The minimum absolute atomic E-state index is 0.0210. The molecule has 18 heavy (non-hydrogen) atoms. The van der Waals surface area contributed by atoms with Gasteiger partial charge < -0.3 is 14.4 Å². The molecule has 0 heterocycles. The summed E-state index contributed by atoms with van der Waals surface area (Å²) in [6.45, 7) is 2.35. The zero-order valence-electron chi connectivity index (χ0n) is 11.3. The summed E-state index contributed by atoms with van der Waals surface area (Å²) in [6.07, 6.45) is 3.27. The van der Waals surface area contributed by atoms with Gasteiger partial charge in [0.25, 0.3) is 0 Å². The molecule has 4 nitrogen and oxygen atoms in total. The Kier molecular flexibility index (Phi) is 5.24. The summed E-state index contributed by atoms with van der Waals surface area (Å²) in [6, 6.07) is 5.63. The van der Waals surface area contributed by atoms with Crippen LogP contribution in [-0.4, -0.2) is 32.1 Å². The number of ether oxygens (including phenoxy) is 2. The van der Waals surface area contributed by atoms with E-state index in [4.69, 9.17) is 9.47 Å². The lowest BCUT2D eigenvalue weighted by Crippen LogP contribution is -2.24. The normalized spacial score (nSPS) is 10.4. The SMILES string of the molecule is C/C=C/C(=O)N(C)Cc1ccc(OC)c(OC)c1. The zero-order valence-corrected chi connectivity index (χ0v) is 11.3. The van der Waals surface area contributed by atoms with Crippen molar-refractivity contribution in [1.29, 1.82) is 0 Å². The maximum absolute atomic E-state index is 11.6. The fraction of sp³-hybridized carbons (Fsp3) is 0.357. The van der Waals surface area contributed by atoms with Gasteiger partial charge in [-0.1, -0.05) is 12.1 Å². The van der Waals surface area contributed by atoms with Gasteiger partial charge in [-0.2, -0.15) is 0 Å². The summed E-state index contributed by atoms with van der Waals surface area (Å²) >= 11 is 0. The number of rotatable bonds is 5. The number of methoxy groups -OCH3 is 2. The lowest BCUT2D eigenvalue weighted by atomic mass is 10.2. The molecule has 1 amide bonds. The van der Waals surface area contributed by atoms with Gasteiger partial charge in [0, 0.05) is 13.6 Å². The molecule has 0 radical (unpaired) electrons. The Morgan fingerprint density at radius 2 is 1.94 bits per heavy atom. The average molecular weight is 249 g/mol. The first-order valence-electron chi connectivity index (χ1n) is 5.71. The summed E-state index contributed by atoms with van der Waals surface area (Å²) in [5, 5.41) is 0. The maximum atomic E-state index is 11.6. The Morgan fingerprint density at radius 1 is 1.28 bits per heavy atom. The van der Waals surface area contributed by atoms with E-state index < -0.39 is 0 Å². The molecule has 0 atom stereocenters. The largest absolute Gasteiger partial charge is 0.493 e. The van der Waals surface area contributed by atoms with E-state index in [1.807, 2.05) is 25.1 Å². The number of benzene rings is 1. The molecule has 0 saturated heterocycles. The van der Waals surface area contributed by atoms with Crippen molar-refractivity contribution in [2.45, 2.75) is 13.5 Å². The van der Waals surface area contributed by atoms with Gasteiger partial charge in [0.15, 0.2) is 11.5 Å². The Morgan fingerprint density at radius 3 is 2.50 bits per heavy atom. The molecule has 4 heteroatoms. The van der Waals surface area contributed by atoms with E-state index in [0.717, 1.165) is 5.56 Å². The van der Waals surface area contributed by atoms with Crippen LogP contribution in [0, 0.1) is 0 Å². The first-order chi connectivity index (χ1) is 8.62. The minimum Gasteiger partial charge on any atom is -0.493 e. The van der Waals surface area contributed by atoms with Gasteiger partial charge in [-0.3, -0.25) is 4.79 Å². The van der Waals surface area contributed by atoms with Crippen molar-refractivity contribution < 1.29 is 14.3 Å². The summed E-state index contributed by atoms with van der Waals surface area (Å²) < 4.78 is 10.4.